The number of piperazine rings is 1. The summed E-state index contributed by atoms with van der Waals surface area (Å²) in [6.07, 6.45) is 3.27. The minimum absolute atomic E-state index is 0.00882. The predicted octanol–water partition coefficient (Wildman–Crippen LogP) is 4.53. The number of carbonyl (C=O) groups is 1. The van der Waals surface area contributed by atoms with E-state index in [4.69, 9.17) is 4.74 Å². The Labute approximate surface area is 228 Å². The van der Waals surface area contributed by atoms with Crippen LogP contribution in [0.4, 0.5) is 14.5 Å². The van der Waals surface area contributed by atoms with Gasteiger partial charge >= 0.3 is 0 Å². The number of ether oxygens (including phenoxy) is 1. The first-order chi connectivity index (χ1) is 19.2. The second-order valence-corrected chi connectivity index (χ2v) is 11.2. The Hall–Kier alpha value is -4.21. The third-order valence-corrected chi connectivity index (χ3v) is 8.70. The lowest BCUT2D eigenvalue weighted by molar-refractivity contribution is -0.129. The second-order valence-electron chi connectivity index (χ2n) is 11.2. The number of amides is 1. The smallest absolute Gasteiger partial charge is 0.295 e. The van der Waals surface area contributed by atoms with Gasteiger partial charge in [-0.05, 0) is 50.5 Å². The van der Waals surface area contributed by atoms with E-state index in [1.807, 2.05) is 30.9 Å². The molecule has 1 saturated carbocycles. The zero-order chi connectivity index (χ0) is 28.0. The molecule has 2 aliphatic heterocycles. The monoisotopic (exact) mass is 545 g/mol. The van der Waals surface area contributed by atoms with Crippen molar-refractivity contribution in [2.24, 2.45) is 7.05 Å². The Morgan fingerprint density at radius 3 is 2.73 bits per heavy atom. The number of hydrogen-bond acceptors (Lipinski definition) is 5. The lowest BCUT2D eigenvalue weighted by Crippen LogP contribution is -2.62. The van der Waals surface area contributed by atoms with Crippen molar-refractivity contribution in [1.82, 2.24) is 19.7 Å². The van der Waals surface area contributed by atoms with E-state index in [9.17, 15) is 9.59 Å². The van der Waals surface area contributed by atoms with Gasteiger partial charge < -0.3 is 19.1 Å². The van der Waals surface area contributed by atoms with Gasteiger partial charge in [0.1, 0.15) is 12.4 Å². The Morgan fingerprint density at radius 1 is 1.23 bits per heavy atom. The van der Waals surface area contributed by atoms with E-state index in [0.717, 1.165) is 29.5 Å². The molecule has 2 fully saturated rings. The molecule has 4 heterocycles. The summed E-state index contributed by atoms with van der Waals surface area (Å²) in [5.74, 6) is -1.36. The Balaban J connectivity index is 1.48. The van der Waals surface area contributed by atoms with E-state index in [1.165, 1.54) is 23.8 Å². The highest BCUT2D eigenvalue weighted by Crippen LogP contribution is 2.48. The first kappa shape index (κ1) is 24.8. The standard InChI is InChI=1S/C30H29F2N5O3/c1-5-21(38)36-12-17-13-40-29-28(37(17)11-15(36)3)18-10-19(31)23(25(32)27(18)35(4)30(29)39)22-14(2)6-9-20-24(22)26(34-33-20)16-7-8-16/h5-6,9-10,15-17H,1,7-8,11-13H2,2-4H3,(H,33,34). The van der Waals surface area contributed by atoms with Crippen LogP contribution in [0.15, 0.2) is 35.6 Å². The summed E-state index contributed by atoms with van der Waals surface area (Å²) in [6.45, 7) is 8.23. The summed E-state index contributed by atoms with van der Waals surface area (Å²) in [5, 5.41) is 8.49. The third-order valence-electron chi connectivity index (χ3n) is 8.70. The Morgan fingerprint density at radius 2 is 2.00 bits per heavy atom. The summed E-state index contributed by atoms with van der Waals surface area (Å²) in [7, 11) is 1.48. The number of anilines is 1. The summed E-state index contributed by atoms with van der Waals surface area (Å²) in [6, 6.07) is 4.50. The average Bonchev–Trinajstić information content (AvgIpc) is 3.69. The van der Waals surface area contributed by atoms with Crippen LogP contribution in [0.3, 0.4) is 0 Å². The van der Waals surface area contributed by atoms with Gasteiger partial charge in [-0.15, -0.1) is 0 Å². The molecule has 2 unspecified atom stereocenters. The molecule has 2 aromatic heterocycles. The molecular weight excluding hydrogens is 516 g/mol. The molecule has 10 heteroatoms. The maximum Gasteiger partial charge on any atom is 0.295 e. The third kappa shape index (κ3) is 3.37. The zero-order valence-corrected chi connectivity index (χ0v) is 22.6. The number of H-pyrrole nitrogens is 1. The van der Waals surface area contributed by atoms with Gasteiger partial charge in [-0.25, -0.2) is 8.78 Å². The molecule has 1 N–H and O–H groups in total. The fourth-order valence-electron chi connectivity index (χ4n) is 6.52. The number of pyridine rings is 1. The maximum atomic E-state index is 16.7. The fourth-order valence-corrected chi connectivity index (χ4v) is 6.52. The highest BCUT2D eigenvalue weighted by molar-refractivity contribution is 6.04. The number of aromatic amines is 1. The van der Waals surface area contributed by atoms with Crippen molar-refractivity contribution in [3.8, 4) is 16.9 Å². The molecule has 8 nitrogen and oxygen atoms in total. The summed E-state index contributed by atoms with van der Waals surface area (Å²) < 4.78 is 40.1. The lowest BCUT2D eigenvalue weighted by atomic mass is 9.92. The fraction of sp³-hybridized carbons (Fsp3) is 0.367. The summed E-state index contributed by atoms with van der Waals surface area (Å²) >= 11 is 0. The van der Waals surface area contributed by atoms with E-state index in [1.54, 1.807) is 4.90 Å². The summed E-state index contributed by atoms with van der Waals surface area (Å²) in [4.78, 5) is 29.6. The number of aryl methyl sites for hydroxylation is 2. The van der Waals surface area contributed by atoms with Gasteiger partial charge in [-0.1, -0.05) is 12.6 Å². The molecule has 0 radical (unpaired) electrons. The predicted molar refractivity (Wildman–Crippen MR) is 149 cm³/mol. The van der Waals surface area contributed by atoms with E-state index in [-0.39, 0.29) is 52.7 Å². The molecule has 3 aliphatic rings. The van der Waals surface area contributed by atoms with Crippen molar-refractivity contribution in [3.63, 3.8) is 0 Å². The minimum atomic E-state index is -0.799. The Kier molecular flexibility index (Phi) is 5.36. The van der Waals surface area contributed by atoms with E-state index in [2.05, 4.69) is 16.8 Å². The van der Waals surface area contributed by atoms with Crippen LogP contribution in [-0.4, -0.2) is 57.4 Å². The molecule has 1 aliphatic carbocycles. The van der Waals surface area contributed by atoms with E-state index in [0.29, 0.717) is 29.9 Å². The van der Waals surface area contributed by atoms with Crippen molar-refractivity contribution < 1.29 is 18.3 Å². The number of fused-ring (bicyclic) bond motifs is 6. The van der Waals surface area contributed by atoms with Crippen LogP contribution < -0.4 is 15.2 Å². The number of nitrogens with one attached hydrogen (secondary N) is 1. The molecule has 0 bridgehead atoms. The SMILES string of the molecule is C=CC(=O)N1CC2COc3c(c4cc(F)c(-c5c(C)ccc6n[nH]c(C7CC7)c56)c(F)c4n(C)c3=O)N2CC1C. The van der Waals surface area contributed by atoms with Gasteiger partial charge in [0.25, 0.3) is 5.56 Å². The highest BCUT2D eigenvalue weighted by atomic mass is 19.1. The molecule has 7 rings (SSSR count). The maximum absolute atomic E-state index is 16.7. The molecule has 206 valence electrons. The molecule has 0 spiro atoms. The number of aromatic nitrogens is 3. The van der Waals surface area contributed by atoms with Gasteiger partial charge in [0.05, 0.1) is 28.3 Å². The van der Waals surface area contributed by atoms with Crippen LogP contribution in [0.25, 0.3) is 32.9 Å². The number of carbonyl (C=O) groups excluding carboxylic acids is 1. The number of rotatable bonds is 3. The number of nitrogens with zero attached hydrogens (tertiary/aromatic N) is 4. The van der Waals surface area contributed by atoms with E-state index >= 15 is 8.78 Å². The van der Waals surface area contributed by atoms with Crippen LogP contribution in [0.5, 0.6) is 5.75 Å². The van der Waals surface area contributed by atoms with Gasteiger partial charge in [0, 0.05) is 54.1 Å². The van der Waals surface area contributed by atoms with E-state index < -0.39 is 17.2 Å². The molecular formula is C30H29F2N5O3. The summed E-state index contributed by atoms with van der Waals surface area (Å²) in [5.41, 5.74) is 2.43. The van der Waals surface area contributed by atoms with Crippen LogP contribution in [-0.2, 0) is 11.8 Å². The number of hydrogen-bond donors (Lipinski definition) is 1. The normalized spacial score (nSPS) is 20.4. The first-order valence-corrected chi connectivity index (χ1v) is 13.6. The molecule has 2 atom stereocenters. The zero-order valence-electron chi connectivity index (χ0n) is 22.6. The lowest BCUT2D eigenvalue weighted by Gasteiger charge is -2.48. The number of benzene rings is 2. The van der Waals surface area contributed by atoms with Gasteiger partial charge in [-0.3, -0.25) is 14.7 Å². The molecule has 2 aromatic carbocycles. The van der Waals surface area contributed by atoms with Crippen molar-refractivity contribution in [2.45, 2.75) is 44.7 Å². The molecule has 40 heavy (non-hydrogen) atoms. The van der Waals surface area contributed by atoms with Crippen molar-refractivity contribution in [2.75, 3.05) is 24.6 Å². The van der Waals surface area contributed by atoms with Crippen LogP contribution >= 0.6 is 0 Å². The number of halogens is 2. The van der Waals surface area contributed by atoms with Crippen molar-refractivity contribution in [1.29, 1.82) is 0 Å². The van der Waals surface area contributed by atoms with Gasteiger partial charge in [0.15, 0.2) is 5.82 Å². The molecule has 4 aromatic rings. The van der Waals surface area contributed by atoms with Crippen LogP contribution in [0.1, 0.15) is 36.9 Å². The Bertz CT molecular complexity index is 1820. The van der Waals surface area contributed by atoms with Crippen LogP contribution in [0, 0.1) is 18.6 Å². The van der Waals surface area contributed by atoms with Gasteiger partial charge in [-0.2, -0.15) is 5.10 Å². The van der Waals surface area contributed by atoms with Crippen molar-refractivity contribution in [3.05, 3.63) is 64.1 Å². The minimum Gasteiger partial charge on any atom is -0.484 e. The quantitative estimate of drug-likeness (QED) is 0.383. The average molecular weight is 546 g/mol. The largest absolute Gasteiger partial charge is 0.484 e. The molecule has 1 saturated heterocycles. The van der Waals surface area contributed by atoms with Crippen LogP contribution in [0.2, 0.25) is 0 Å². The highest BCUT2D eigenvalue weighted by Gasteiger charge is 2.41. The second kappa shape index (κ2) is 8.64. The van der Waals surface area contributed by atoms with Gasteiger partial charge in [0.2, 0.25) is 11.7 Å². The topological polar surface area (TPSA) is 83.5 Å². The first-order valence-electron chi connectivity index (χ1n) is 13.6. The molecule has 1 amide bonds. The van der Waals surface area contributed by atoms with Crippen molar-refractivity contribution >= 4 is 33.4 Å².